The fourth-order valence-electron chi connectivity index (χ4n) is 2.27. The molecule has 1 fully saturated rings. The zero-order valence-electron chi connectivity index (χ0n) is 11.2. The normalized spacial score (nSPS) is 21.7. The van der Waals surface area contributed by atoms with Crippen molar-refractivity contribution in [3.8, 4) is 0 Å². The van der Waals surface area contributed by atoms with E-state index in [9.17, 15) is 9.59 Å². The van der Waals surface area contributed by atoms with Gasteiger partial charge in [-0.3, -0.25) is 14.7 Å². The molecule has 2 aromatic heterocycles. The quantitative estimate of drug-likeness (QED) is 0.884. The third kappa shape index (κ3) is 2.41. The van der Waals surface area contributed by atoms with Crippen molar-refractivity contribution in [2.75, 3.05) is 0 Å². The average Bonchev–Trinajstić information content (AvgIpc) is 2.98. The zero-order valence-corrected chi connectivity index (χ0v) is 12.7. The van der Waals surface area contributed by atoms with Crippen LogP contribution in [0.15, 0.2) is 36.5 Å². The number of rotatable bonds is 3. The predicted octanol–water partition coefficient (Wildman–Crippen LogP) is 2.76. The number of aromatic nitrogens is 1. The van der Waals surface area contributed by atoms with Gasteiger partial charge in [0.1, 0.15) is 0 Å². The van der Waals surface area contributed by atoms with Crippen LogP contribution < -0.4 is 5.32 Å². The second kappa shape index (κ2) is 5.13. The summed E-state index contributed by atoms with van der Waals surface area (Å²) < 4.78 is 0.629. The molecule has 0 aromatic carbocycles. The van der Waals surface area contributed by atoms with Gasteiger partial charge in [-0.05, 0) is 31.2 Å². The second-order valence-corrected chi connectivity index (χ2v) is 6.67. The van der Waals surface area contributed by atoms with E-state index >= 15 is 0 Å². The van der Waals surface area contributed by atoms with Crippen LogP contribution in [0.2, 0.25) is 4.34 Å². The van der Waals surface area contributed by atoms with E-state index in [0.717, 1.165) is 4.88 Å². The van der Waals surface area contributed by atoms with Gasteiger partial charge in [-0.2, -0.15) is 0 Å². The number of nitrogens with zero attached hydrogens (tertiary/aromatic N) is 2. The van der Waals surface area contributed by atoms with E-state index in [-0.39, 0.29) is 12.5 Å². The van der Waals surface area contributed by atoms with Gasteiger partial charge < -0.3 is 5.32 Å². The molecular formula is C14H12ClN3O2S. The van der Waals surface area contributed by atoms with Crippen molar-refractivity contribution in [3.05, 3.63) is 51.4 Å². The molecule has 1 saturated heterocycles. The molecule has 0 saturated carbocycles. The van der Waals surface area contributed by atoms with Crippen molar-refractivity contribution in [1.29, 1.82) is 0 Å². The number of pyridine rings is 1. The summed E-state index contributed by atoms with van der Waals surface area (Å²) in [5.41, 5.74) is -0.602. The third-order valence-electron chi connectivity index (χ3n) is 3.39. The van der Waals surface area contributed by atoms with E-state index < -0.39 is 11.6 Å². The molecule has 108 valence electrons. The lowest BCUT2D eigenvalue weighted by Gasteiger charge is -2.20. The Bertz CT molecular complexity index is 703. The first-order chi connectivity index (χ1) is 10.0. The van der Waals surface area contributed by atoms with Crippen LogP contribution >= 0.6 is 22.9 Å². The summed E-state index contributed by atoms with van der Waals surface area (Å²) in [7, 11) is 0. The van der Waals surface area contributed by atoms with Crippen molar-refractivity contribution in [3.63, 3.8) is 0 Å². The molecule has 1 aliphatic rings. The van der Waals surface area contributed by atoms with E-state index in [2.05, 4.69) is 10.3 Å². The van der Waals surface area contributed by atoms with E-state index in [1.54, 1.807) is 37.4 Å². The molecule has 1 N–H and O–H groups in total. The molecule has 2 aromatic rings. The average molecular weight is 322 g/mol. The molecule has 7 heteroatoms. The number of hydrogen-bond donors (Lipinski definition) is 1. The Kier molecular flexibility index (Phi) is 3.43. The van der Waals surface area contributed by atoms with Gasteiger partial charge in [-0.15, -0.1) is 11.3 Å². The number of thiophene rings is 1. The minimum absolute atomic E-state index is 0.213. The number of halogens is 1. The lowest BCUT2D eigenvalue weighted by atomic mass is 9.97. The summed E-state index contributed by atoms with van der Waals surface area (Å²) in [6.45, 7) is 1.88. The number of nitrogens with one attached hydrogen (secondary N) is 1. The molecule has 5 nitrogen and oxygen atoms in total. The first kappa shape index (κ1) is 14.0. The zero-order chi connectivity index (χ0) is 15.0. The molecule has 0 unspecified atom stereocenters. The lowest BCUT2D eigenvalue weighted by Crippen LogP contribution is -2.41. The summed E-state index contributed by atoms with van der Waals surface area (Å²) in [6.07, 6.45) is 1.60. The minimum Gasteiger partial charge on any atom is -0.318 e. The first-order valence-corrected chi connectivity index (χ1v) is 7.50. The van der Waals surface area contributed by atoms with Gasteiger partial charge in [0.15, 0.2) is 5.54 Å². The van der Waals surface area contributed by atoms with E-state index in [1.165, 1.54) is 16.2 Å². The molecule has 21 heavy (non-hydrogen) atoms. The number of carbonyl (C=O) groups is 2. The van der Waals surface area contributed by atoms with Crippen molar-refractivity contribution in [2.24, 2.45) is 0 Å². The highest BCUT2D eigenvalue weighted by molar-refractivity contribution is 7.16. The summed E-state index contributed by atoms with van der Waals surface area (Å²) in [5.74, 6) is -0.310. The molecule has 1 aliphatic heterocycles. The monoisotopic (exact) mass is 321 g/mol. The Labute approximate surface area is 130 Å². The Morgan fingerprint density at radius 3 is 2.76 bits per heavy atom. The molecule has 0 radical (unpaired) electrons. The number of urea groups is 1. The Hall–Kier alpha value is -1.92. The van der Waals surface area contributed by atoms with Crippen LogP contribution in [-0.2, 0) is 16.9 Å². The fraction of sp³-hybridized carbons (Fsp3) is 0.214. The second-order valence-electron chi connectivity index (χ2n) is 4.87. The van der Waals surface area contributed by atoms with E-state index in [4.69, 9.17) is 11.6 Å². The molecule has 0 bridgehead atoms. The highest BCUT2D eigenvalue weighted by Gasteiger charge is 2.49. The summed E-state index contributed by atoms with van der Waals surface area (Å²) in [4.78, 5) is 31.0. The van der Waals surface area contributed by atoms with Crippen LogP contribution in [0.25, 0.3) is 0 Å². The summed E-state index contributed by atoms with van der Waals surface area (Å²) >= 11 is 7.23. The van der Waals surface area contributed by atoms with Crippen molar-refractivity contribution >= 4 is 34.9 Å². The van der Waals surface area contributed by atoms with Gasteiger partial charge in [0.05, 0.1) is 16.6 Å². The SMILES string of the molecule is C[C@@]1(c2ccccn2)NC(=O)N(Cc2ccc(Cl)s2)C1=O. The number of hydrogen-bond acceptors (Lipinski definition) is 4. The maximum absolute atomic E-state index is 12.6. The molecule has 0 spiro atoms. The highest BCUT2D eigenvalue weighted by Crippen LogP contribution is 2.30. The Morgan fingerprint density at radius 2 is 2.14 bits per heavy atom. The van der Waals surface area contributed by atoms with E-state index in [0.29, 0.717) is 10.0 Å². The van der Waals surface area contributed by atoms with Gasteiger partial charge in [0.25, 0.3) is 5.91 Å². The number of amides is 3. The van der Waals surface area contributed by atoms with E-state index in [1.807, 2.05) is 6.07 Å². The highest BCUT2D eigenvalue weighted by atomic mass is 35.5. The van der Waals surface area contributed by atoms with Crippen LogP contribution in [0.5, 0.6) is 0 Å². The van der Waals surface area contributed by atoms with Crippen LogP contribution in [0, 0.1) is 0 Å². The Morgan fingerprint density at radius 1 is 1.33 bits per heavy atom. The van der Waals surface area contributed by atoms with Crippen molar-refractivity contribution < 1.29 is 9.59 Å². The maximum atomic E-state index is 12.6. The number of imide groups is 1. The van der Waals surface area contributed by atoms with Gasteiger partial charge in [0.2, 0.25) is 0 Å². The van der Waals surface area contributed by atoms with Gasteiger partial charge >= 0.3 is 6.03 Å². The smallest absolute Gasteiger partial charge is 0.318 e. The third-order valence-corrected chi connectivity index (χ3v) is 4.61. The fourth-order valence-corrected chi connectivity index (χ4v) is 3.34. The minimum atomic E-state index is -1.13. The molecule has 0 aliphatic carbocycles. The molecule has 3 amide bonds. The van der Waals surface area contributed by atoms with Crippen molar-refractivity contribution in [1.82, 2.24) is 15.2 Å². The maximum Gasteiger partial charge on any atom is 0.325 e. The van der Waals surface area contributed by atoms with Crippen LogP contribution in [0.4, 0.5) is 4.79 Å². The van der Waals surface area contributed by atoms with Gasteiger partial charge in [0, 0.05) is 11.1 Å². The van der Waals surface area contributed by atoms with Gasteiger partial charge in [-0.1, -0.05) is 17.7 Å². The molecule has 1 atom stereocenters. The Balaban J connectivity index is 1.88. The van der Waals surface area contributed by atoms with Crippen LogP contribution in [-0.4, -0.2) is 21.8 Å². The largest absolute Gasteiger partial charge is 0.325 e. The predicted molar refractivity (Wildman–Crippen MR) is 80.0 cm³/mol. The van der Waals surface area contributed by atoms with Crippen LogP contribution in [0.1, 0.15) is 17.5 Å². The molecule has 3 rings (SSSR count). The van der Waals surface area contributed by atoms with Crippen molar-refractivity contribution in [2.45, 2.75) is 19.0 Å². The molecule has 3 heterocycles. The standard InChI is InChI=1S/C14H12ClN3O2S/c1-14(10-4-2-3-7-16-10)12(19)18(13(20)17-14)8-9-5-6-11(15)21-9/h2-7H,8H2,1H3,(H,17,20)/t14-/m0/s1. The topological polar surface area (TPSA) is 62.3 Å². The molecular weight excluding hydrogens is 310 g/mol. The summed E-state index contributed by atoms with van der Waals surface area (Å²) in [5, 5.41) is 2.72. The van der Waals surface area contributed by atoms with Crippen LogP contribution in [0.3, 0.4) is 0 Å². The van der Waals surface area contributed by atoms with Gasteiger partial charge in [-0.25, -0.2) is 4.79 Å². The lowest BCUT2D eigenvalue weighted by molar-refractivity contribution is -0.131. The first-order valence-electron chi connectivity index (χ1n) is 6.30. The summed E-state index contributed by atoms with van der Waals surface area (Å²) in [6, 6.07) is 8.41. The number of carbonyl (C=O) groups excluding carboxylic acids is 2.